The third-order valence-corrected chi connectivity index (χ3v) is 7.25. The Morgan fingerprint density at radius 3 is 2.51 bits per heavy atom. The van der Waals surface area contributed by atoms with E-state index < -0.39 is 23.6 Å². The number of pyridine rings is 1. The Morgan fingerprint density at radius 1 is 1.07 bits per heavy atom. The highest BCUT2D eigenvalue weighted by Gasteiger charge is 2.21. The number of carbonyl (C=O) groups excluding carboxylic acids is 1. The normalized spacial score (nSPS) is 11.6. The van der Waals surface area contributed by atoms with Crippen molar-refractivity contribution in [1.29, 1.82) is 0 Å². The number of hydrogen-bond donors (Lipinski definition) is 3. The first-order chi connectivity index (χ1) is 19.6. The summed E-state index contributed by atoms with van der Waals surface area (Å²) >= 11 is 6.44. The minimum Gasteiger partial charge on any atom is -0.497 e. The number of hydrogen-bond acceptors (Lipinski definition) is 5. The van der Waals surface area contributed by atoms with Crippen LogP contribution in [0.2, 0.25) is 5.02 Å². The fourth-order valence-electron chi connectivity index (χ4n) is 4.63. The van der Waals surface area contributed by atoms with E-state index in [1.54, 1.807) is 44.5 Å². The first-order valence-electron chi connectivity index (χ1n) is 13.1. The Bertz CT molecular complexity index is 1670. The molecule has 3 aromatic carbocycles. The fraction of sp³-hybridized carbons (Fsp3) is 0.258. The molecule has 214 valence electrons. The van der Waals surface area contributed by atoms with Gasteiger partial charge in [0.15, 0.2) is 0 Å². The van der Waals surface area contributed by atoms with Crippen LogP contribution in [-0.2, 0) is 11.3 Å². The van der Waals surface area contributed by atoms with E-state index in [1.807, 2.05) is 44.2 Å². The van der Waals surface area contributed by atoms with Gasteiger partial charge in [0.05, 0.1) is 32.7 Å². The molecule has 0 spiro atoms. The van der Waals surface area contributed by atoms with Crippen LogP contribution in [-0.4, -0.2) is 35.4 Å². The second-order valence-corrected chi connectivity index (χ2v) is 10.0. The van der Waals surface area contributed by atoms with Crippen molar-refractivity contribution in [3.8, 4) is 11.5 Å². The summed E-state index contributed by atoms with van der Waals surface area (Å²) in [6.07, 6.45) is 1.36. The molecular weight excluding hydrogens is 546 g/mol. The maximum absolute atomic E-state index is 13.5. The number of aromatic nitrogens is 1. The minimum absolute atomic E-state index is 0.0900. The predicted octanol–water partition coefficient (Wildman–Crippen LogP) is 6.06. The van der Waals surface area contributed by atoms with Crippen molar-refractivity contribution in [2.24, 2.45) is 0 Å². The molecule has 0 radical (unpaired) electrons. The molecule has 4 aromatic rings. The number of benzene rings is 3. The van der Waals surface area contributed by atoms with E-state index in [0.29, 0.717) is 39.8 Å². The lowest BCUT2D eigenvalue weighted by Crippen LogP contribution is -2.36. The second-order valence-electron chi connectivity index (χ2n) is 9.62. The molecule has 0 unspecified atom stereocenters. The Hall–Kier alpha value is -4.50. The molecule has 0 saturated carbocycles. The number of ether oxygens (including phenoxy) is 2. The van der Waals surface area contributed by atoms with Gasteiger partial charge in [-0.3, -0.25) is 9.59 Å². The Labute approximate surface area is 242 Å². The van der Waals surface area contributed by atoms with E-state index in [4.69, 9.17) is 21.1 Å². The molecule has 0 aliphatic heterocycles. The van der Waals surface area contributed by atoms with Crippen LogP contribution < -0.4 is 25.7 Å². The summed E-state index contributed by atoms with van der Waals surface area (Å²) in [6.45, 7) is 6.01. The second kappa shape index (κ2) is 12.8. The van der Waals surface area contributed by atoms with E-state index >= 15 is 0 Å². The molecule has 2 amide bonds. The van der Waals surface area contributed by atoms with Crippen LogP contribution >= 0.6 is 11.6 Å². The lowest BCUT2D eigenvalue weighted by atomic mass is 9.99. The topological polar surface area (TPSA) is 119 Å². The van der Waals surface area contributed by atoms with Gasteiger partial charge in [-0.1, -0.05) is 35.9 Å². The van der Waals surface area contributed by atoms with Gasteiger partial charge in [-0.05, 0) is 78.6 Å². The van der Waals surface area contributed by atoms with Crippen LogP contribution in [0, 0.1) is 13.8 Å². The number of nitrogens with zero attached hydrogens (tertiary/aromatic N) is 1. The largest absolute Gasteiger partial charge is 0.497 e. The zero-order valence-electron chi connectivity index (χ0n) is 23.3. The number of carboxylic acids is 1. The van der Waals surface area contributed by atoms with Gasteiger partial charge >= 0.3 is 12.0 Å². The maximum atomic E-state index is 13.5. The standard InChI is InChI=1S/C31H32ClN3O6/c1-5-41-27-8-6-7-25(32)24(27)17-35-16-18(2)19(3)29(30(35)38)34-31(39)33-26(15-28(36)37)22-10-9-21-14-23(40-4)12-11-20(21)13-22/h6-14,16,26H,5,15,17H2,1-4H3,(H,36,37)(H2,33,34,39)/t26-/m0/s1. The number of nitrogens with one attached hydrogen (secondary N) is 2. The number of aryl methyl sites for hydroxylation is 1. The number of methoxy groups -OCH3 is 1. The molecule has 0 aliphatic rings. The van der Waals surface area contributed by atoms with Crippen molar-refractivity contribution in [2.45, 2.75) is 39.8 Å². The third-order valence-electron chi connectivity index (χ3n) is 6.89. The minimum atomic E-state index is -1.08. The van der Waals surface area contributed by atoms with Crippen molar-refractivity contribution in [3.63, 3.8) is 0 Å². The molecule has 1 aromatic heterocycles. The highest BCUT2D eigenvalue weighted by molar-refractivity contribution is 6.31. The van der Waals surface area contributed by atoms with Crippen LogP contribution in [0.1, 0.15) is 41.6 Å². The molecule has 41 heavy (non-hydrogen) atoms. The van der Waals surface area contributed by atoms with Crippen LogP contribution in [0.3, 0.4) is 0 Å². The average molecular weight is 578 g/mol. The zero-order valence-corrected chi connectivity index (χ0v) is 24.0. The van der Waals surface area contributed by atoms with E-state index in [0.717, 1.165) is 16.3 Å². The molecule has 1 heterocycles. The summed E-state index contributed by atoms with van der Waals surface area (Å²) in [6, 6.07) is 14.7. The van der Waals surface area contributed by atoms with Crippen molar-refractivity contribution in [2.75, 3.05) is 19.0 Å². The summed E-state index contributed by atoms with van der Waals surface area (Å²) < 4.78 is 12.4. The molecule has 3 N–H and O–H groups in total. The summed E-state index contributed by atoms with van der Waals surface area (Å²) in [5.74, 6) is 0.194. The highest BCUT2D eigenvalue weighted by atomic mass is 35.5. The van der Waals surface area contributed by atoms with Gasteiger partial charge in [-0.2, -0.15) is 0 Å². The molecule has 10 heteroatoms. The average Bonchev–Trinajstić information content (AvgIpc) is 2.94. The quantitative estimate of drug-likeness (QED) is 0.211. The zero-order chi connectivity index (χ0) is 29.7. The molecule has 1 atom stereocenters. The number of carboxylic acid groups (broad SMARTS) is 1. The number of amides is 2. The summed E-state index contributed by atoms with van der Waals surface area (Å²) in [5, 5.41) is 17.2. The van der Waals surface area contributed by atoms with Gasteiger partial charge < -0.3 is 29.8 Å². The number of carbonyl (C=O) groups is 2. The monoisotopic (exact) mass is 577 g/mol. The molecule has 0 saturated heterocycles. The summed E-state index contributed by atoms with van der Waals surface area (Å²) in [7, 11) is 1.58. The molecule has 9 nitrogen and oxygen atoms in total. The first kappa shape index (κ1) is 29.5. The van der Waals surface area contributed by atoms with Crippen molar-refractivity contribution >= 4 is 40.1 Å². The van der Waals surface area contributed by atoms with Crippen LogP contribution in [0.15, 0.2) is 65.6 Å². The molecule has 0 fully saturated rings. The van der Waals surface area contributed by atoms with E-state index in [1.165, 1.54) is 4.57 Å². The van der Waals surface area contributed by atoms with Gasteiger partial charge in [0, 0.05) is 16.8 Å². The van der Waals surface area contributed by atoms with Gasteiger partial charge in [-0.25, -0.2) is 4.79 Å². The van der Waals surface area contributed by atoms with E-state index in [9.17, 15) is 19.5 Å². The molecular formula is C31H32ClN3O6. The number of anilines is 1. The van der Waals surface area contributed by atoms with E-state index in [-0.39, 0.29) is 18.7 Å². The molecule has 0 aliphatic carbocycles. The highest BCUT2D eigenvalue weighted by Crippen LogP contribution is 2.28. The van der Waals surface area contributed by atoms with Gasteiger partial charge in [0.25, 0.3) is 5.56 Å². The third kappa shape index (κ3) is 6.81. The Kier molecular flexibility index (Phi) is 9.19. The fourth-order valence-corrected chi connectivity index (χ4v) is 4.85. The smallest absolute Gasteiger partial charge is 0.319 e. The molecule has 0 bridgehead atoms. The first-order valence-corrected chi connectivity index (χ1v) is 13.5. The Balaban J connectivity index is 1.62. The van der Waals surface area contributed by atoms with Crippen molar-refractivity contribution in [3.05, 3.63) is 98.4 Å². The number of halogens is 1. The number of aliphatic carboxylic acids is 1. The van der Waals surface area contributed by atoms with E-state index in [2.05, 4.69) is 10.6 Å². The lowest BCUT2D eigenvalue weighted by Gasteiger charge is -2.20. The maximum Gasteiger partial charge on any atom is 0.319 e. The number of urea groups is 1. The van der Waals surface area contributed by atoms with Crippen molar-refractivity contribution in [1.82, 2.24) is 9.88 Å². The number of rotatable bonds is 10. The predicted molar refractivity (Wildman–Crippen MR) is 160 cm³/mol. The van der Waals surface area contributed by atoms with Crippen molar-refractivity contribution < 1.29 is 24.2 Å². The molecule has 4 rings (SSSR count). The van der Waals surface area contributed by atoms with Crippen LogP contribution in [0.25, 0.3) is 10.8 Å². The van der Waals surface area contributed by atoms with Crippen LogP contribution in [0.4, 0.5) is 10.5 Å². The summed E-state index contributed by atoms with van der Waals surface area (Å²) in [5.41, 5.74) is 2.29. The van der Waals surface area contributed by atoms with Gasteiger partial charge in [-0.15, -0.1) is 0 Å². The Morgan fingerprint density at radius 2 is 1.80 bits per heavy atom. The van der Waals surface area contributed by atoms with Gasteiger partial charge in [0.1, 0.15) is 17.2 Å². The van der Waals surface area contributed by atoms with Crippen LogP contribution in [0.5, 0.6) is 11.5 Å². The van der Waals surface area contributed by atoms with Gasteiger partial charge in [0.2, 0.25) is 0 Å². The lowest BCUT2D eigenvalue weighted by molar-refractivity contribution is -0.137. The number of fused-ring (bicyclic) bond motifs is 1. The SMILES string of the molecule is CCOc1cccc(Cl)c1Cn1cc(C)c(C)c(NC(=O)N[C@@H](CC(=O)O)c2ccc3cc(OC)ccc3c2)c1=O. The summed E-state index contributed by atoms with van der Waals surface area (Å²) in [4.78, 5) is 38.4.